The van der Waals surface area contributed by atoms with Crippen LogP contribution in [0.2, 0.25) is 0 Å². The van der Waals surface area contributed by atoms with Gasteiger partial charge in [0.1, 0.15) is 12.5 Å². The van der Waals surface area contributed by atoms with Gasteiger partial charge in [-0.3, -0.25) is 19.2 Å². The number of hydrogen-bond acceptors (Lipinski definition) is 8. The van der Waals surface area contributed by atoms with Crippen LogP contribution >= 0.6 is 0 Å². The standard InChI is InChI=1S/C45H49F2N7O5/c46-20-25-59-34-7-5-6-33-29-49-51-43(35(33)18-17-34)32-15-12-30(13-16-32)28-48-41(55)10-3-4-11-42(56)53-21-23-54(24-22-53)45(58)38-26-31(14-19-39(38)47)27-40-36-8-1-2-9-37(36)44(57)52-50-40/h1-2,8-9,12-16,19,26,29,34H,3-7,10-11,17-18,20-25,27-28H2,(H,48,55)(H,52,57)/i46-1. The van der Waals surface area contributed by atoms with Gasteiger partial charge >= 0.3 is 0 Å². The van der Waals surface area contributed by atoms with Crippen LogP contribution in [0.5, 0.6) is 0 Å². The monoisotopic (exact) mass is 804 g/mol. The number of H-pyrrole nitrogens is 1. The molecule has 2 aromatic heterocycles. The largest absolute Gasteiger partial charge is 0.375 e. The Morgan fingerprint density at radius 1 is 0.881 bits per heavy atom. The van der Waals surface area contributed by atoms with E-state index in [0.29, 0.717) is 73.8 Å². The van der Waals surface area contributed by atoms with Gasteiger partial charge in [-0.25, -0.2) is 13.9 Å². The van der Waals surface area contributed by atoms with Crippen LogP contribution in [-0.4, -0.2) is 93.5 Å². The smallest absolute Gasteiger partial charge is 0.272 e. The summed E-state index contributed by atoms with van der Waals surface area (Å²) >= 11 is 0. The zero-order valence-electron chi connectivity index (χ0n) is 33.1. The SMILES string of the molecule is O=C(CCCCC(=O)N1CCN(C(=O)c2cc(Cc3n[nH]c(=O)c4ccccc34)ccc2F)CC1)NCc1ccc(-c2nncc3c2CCC(OCC[18F])CCC3)cc1. The topological polar surface area (TPSA) is 150 Å². The number of fused-ring (bicyclic) bond motifs is 2. The van der Waals surface area contributed by atoms with Gasteiger partial charge in [0.2, 0.25) is 11.8 Å². The van der Waals surface area contributed by atoms with Gasteiger partial charge in [-0.2, -0.15) is 15.3 Å². The summed E-state index contributed by atoms with van der Waals surface area (Å²) in [5.74, 6) is -1.19. The van der Waals surface area contributed by atoms with Crippen molar-refractivity contribution in [2.24, 2.45) is 0 Å². The Morgan fingerprint density at radius 2 is 1.63 bits per heavy atom. The molecule has 3 heterocycles. The average Bonchev–Trinajstić information content (AvgIpc) is 3.26. The Labute approximate surface area is 341 Å². The number of halogens is 2. The Balaban J connectivity index is 0.823. The van der Waals surface area contributed by atoms with Crippen molar-refractivity contribution in [3.05, 3.63) is 123 Å². The van der Waals surface area contributed by atoms with Crippen LogP contribution in [0.25, 0.3) is 22.0 Å². The molecule has 14 heteroatoms. The Hall–Kier alpha value is -5.89. The molecule has 0 spiro atoms. The van der Waals surface area contributed by atoms with Gasteiger partial charge in [0, 0.05) is 62.9 Å². The van der Waals surface area contributed by atoms with E-state index in [1.807, 2.05) is 42.6 Å². The predicted octanol–water partition coefficient (Wildman–Crippen LogP) is 5.89. The summed E-state index contributed by atoms with van der Waals surface area (Å²) in [7, 11) is 0. The average molecular weight is 805 g/mol. The minimum absolute atomic E-state index is 0.0353. The number of piperazine rings is 1. The van der Waals surface area contributed by atoms with Crippen molar-refractivity contribution in [2.45, 2.75) is 76.9 Å². The van der Waals surface area contributed by atoms with Crippen LogP contribution in [-0.2, 0) is 40.1 Å². The Kier molecular flexibility index (Phi) is 13.8. The third-order valence-electron chi connectivity index (χ3n) is 11.3. The highest BCUT2D eigenvalue weighted by Gasteiger charge is 2.27. The molecule has 0 bridgehead atoms. The number of hydrogen-bond donors (Lipinski definition) is 2. The molecular formula is C45H49F2N7O5. The highest BCUT2D eigenvalue weighted by molar-refractivity contribution is 5.95. The van der Waals surface area contributed by atoms with Gasteiger partial charge in [0.25, 0.3) is 11.5 Å². The maximum Gasteiger partial charge on any atom is 0.272 e. The van der Waals surface area contributed by atoms with Gasteiger partial charge in [-0.15, -0.1) is 0 Å². The molecule has 3 aromatic carbocycles. The summed E-state index contributed by atoms with van der Waals surface area (Å²) < 4.78 is 33.3. The third kappa shape index (κ3) is 10.4. The van der Waals surface area contributed by atoms with Gasteiger partial charge in [0.05, 0.1) is 41.2 Å². The lowest BCUT2D eigenvalue weighted by atomic mass is 9.90. The molecule has 12 nitrogen and oxygen atoms in total. The first-order valence-electron chi connectivity index (χ1n) is 20.5. The molecule has 5 aromatic rings. The molecule has 7 rings (SSSR count). The number of nitrogens with one attached hydrogen (secondary N) is 2. The number of nitrogens with zero attached hydrogens (tertiary/aromatic N) is 5. The summed E-state index contributed by atoms with van der Waals surface area (Å²) in [6, 6.07) is 19.5. The van der Waals surface area contributed by atoms with E-state index in [4.69, 9.17) is 4.74 Å². The third-order valence-corrected chi connectivity index (χ3v) is 11.3. The van der Waals surface area contributed by atoms with Crippen molar-refractivity contribution in [3.63, 3.8) is 0 Å². The van der Waals surface area contributed by atoms with Crippen LogP contribution < -0.4 is 10.9 Å². The van der Waals surface area contributed by atoms with E-state index in [2.05, 4.69) is 25.7 Å². The number of aromatic nitrogens is 4. The fraction of sp³-hybridized carbons (Fsp3) is 0.400. The van der Waals surface area contributed by atoms with Crippen molar-refractivity contribution < 1.29 is 27.9 Å². The number of carbonyl (C=O) groups excluding carboxylic acids is 3. The molecule has 1 unspecified atom stereocenters. The molecule has 1 aliphatic carbocycles. The quantitative estimate of drug-likeness (QED) is 0.132. The first-order chi connectivity index (χ1) is 28.8. The molecule has 1 saturated heterocycles. The molecule has 0 radical (unpaired) electrons. The molecule has 2 aliphatic rings. The van der Waals surface area contributed by atoms with E-state index in [1.165, 1.54) is 17.7 Å². The first kappa shape index (κ1) is 41.3. The molecule has 308 valence electrons. The molecule has 3 amide bonds. The van der Waals surface area contributed by atoms with Crippen molar-refractivity contribution in [3.8, 4) is 11.3 Å². The number of rotatable bonds is 14. The normalized spacial score (nSPS) is 15.7. The Bertz CT molecular complexity index is 2330. The van der Waals surface area contributed by atoms with Crippen molar-refractivity contribution in [2.75, 3.05) is 39.5 Å². The second-order valence-corrected chi connectivity index (χ2v) is 15.2. The second kappa shape index (κ2) is 19.7. The Morgan fingerprint density at radius 3 is 2.42 bits per heavy atom. The van der Waals surface area contributed by atoms with Gasteiger partial charge in [-0.1, -0.05) is 48.5 Å². The zero-order valence-corrected chi connectivity index (χ0v) is 33.1. The van der Waals surface area contributed by atoms with Crippen molar-refractivity contribution in [1.29, 1.82) is 0 Å². The van der Waals surface area contributed by atoms with Crippen LogP contribution in [0.4, 0.5) is 8.78 Å². The minimum Gasteiger partial charge on any atom is -0.375 e. The maximum absolute atomic E-state index is 14.9. The molecule has 1 aliphatic heterocycles. The molecule has 1 atom stereocenters. The van der Waals surface area contributed by atoms with Gasteiger partial charge in [-0.05, 0) is 85.4 Å². The summed E-state index contributed by atoms with van der Waals surface area (Å²) in [5, 5.41) is 19.6. The number of carbonyl (C=O) groups is 3. The highest BCUT2D eigenvalue weighted by Crippen LogP contribution is 2.29. The molecular weight excluding hydrogens is 756 g/mol. The molecule has 1 fully saturated rings. The van der Waals surface area contributed by atoms with E-state index >= 15 is 0 Å². The maximum atomic E-state index is 14.9. The van der Waals surface area contributed by atoms with E-state index in [9.17, 15) is 28.0 Å². The van der Waals surface area contributed by atoms with Crippen LogP contribution in [0.15, 0.2) is 77.7 Å². The van der Waals surface area contributed by atoms with Gasteiger partial charge < -0.3 is 19.9 Å². The fourth-order valence-electron chi connectivity index (χ4n) is 7.99. The number of unbranched alkanes of at least 4 members (excludes halogenated alkanes) is 1. The second-order valence-electron chi connectivity index (χ2n) is 15.2. The van der Waals surface area contributed by atoms with E-state index in [1.54, 1.807) is 28.0 Å². The van der Waals surface area contributed by atoms with E-state index in [-0.39, 0.29) is 48.7 Å². The minimum atomic E-state index is -0.626. The number of ether oxygens (including phenoxy) is 1. The van der Waals surface area contributed by atoms with Crippen LogP contribution in [0.3, 0.4) is 0 Å². The van der Waals surface area contributed by atoms with E-state index in [0.717, 1.165) is 54.5 Å². The van der Waals surface area contributed by atoms with E-state index < -0.39 is 18.4 Å². The summed E-state index contributed by atoms with van der Waals surface area (Å²) in [6.45, 7) is 1.28. The summed E-state index contributed by atoms with van der Waals surface area (Å²) in [5.41, 5.74) is 6.06. The van der Waals surface area contributed by atoms with Crippen molar-refractivity contribution >= 4 is 28.5 Å². The number of amides is 3. The summed E-state index contributed by atoms with van der Waals surface area (Å²) in [6.07, 6.45) is 8.23. The number of benzene rings is 3. The highest BCUT2D eigenvalue weighted by atomic mass is 19.1. The first-order valence-corrected chi connectivity index (χ1v) is 20.5. The lowest BCUT2D eigenvalue weighted by Crippen LogP contribution is -2.50. The van der Waals surface area contributed by atoms with Crippen molar-refractivity contribution in [1.82, 2.24) is 35.5 Å². The fourth-order valence-corrected chi connectivity index (χ4v) is 7.99. The number of alkyl halides is 1. The molecule has 59 heavy (non-hydrogen) atoms. The zero-order chi connectivity index (χ0) is 41.1. The molecule has 2 N–H and O–H groups in total. The summed E-state index contributed by atoms with van der Waals surface area (Å²) in [4.78, 5) is 54.5. The molecule has 0 saturated carbocycles. The predicted molar refractivity (Wildman–Crippen MR) is 219 cm³/mol. The number of aromatic amines is 1. The van der Waals surface area contributed by atoms with Crippen LogP contribution in [0.1, 0.15) is 83.3 Å². The van der Waals surface area contributed by atoms with Crippen LogP contribution in [0, 0.1) is 5.82 Å². The lowest BCUT2D eigenvalue weighted by molar-refractivity contribution is -0.133. The lowest BCUT2D eigenvalue weighted by Gasteiger charge is -2.35. The number of aryl methyl sites for hydroxylation is 1. The van der Waals surface area contributed by atoms with Gasteiger partial charge in [0.15, 0.2) is 0 Å².